The van der Waals surface area contributed by atoms with E-state index in [1.165, 1.54) is 31.2 Å². The van der Waals surface area contributed by atoms with Gasteiger partial charge in [-0.05, 0) is 31.2 Å². The minimum atomic E-state index is -1.10. The van der Waals surface area contributed by atoms with Crippen LogP contribution in [0, 0.1) is 0 Å². The highest BCUT2D eigenvalue weighted by atomic mass is 32.2. The van der Waals surface area contributed by atoms with Crippen LogP contribution < -0.4 is 15.4 Å². The Labute approximate surface area is 239 Å². The molecule has 0 saturated carbocycles. The Morgan fingerprint density at radius 3 is 2.10 bits per heavy atom. The zero-order valence-electron chi connectivity index (χ0n) is 22.1. The Kier molecular flexibility index (Phi) is 13.2. The van der Waals surface area contributed by atoms with Crippen molar-refractivity contribution in [3.8, 4) is 11.5 Å². The lowest BCUT2D eigenvalue weighted by Gasteiger charge is -2.19. The number of para-hydroxylation sites is 2. The molecule has 2 aromatic carbocycles. The molecule has 0 saturated heterocycles. The first-order valence-electron chi connectivity index (χ1n) is 12.2. The second-order valence-electron chi connectivity index (χ2n) is 8.11. The van der Waals surface area contributed by atoms with Crippen LogP contribution in [0.2, 0.25) is 0 Å². The Balaban J connectivity index is 2.10. The molecular formula is C27H30N2O9S2. The van der Waals surface area contributed by atoms with Crippen LogP contribution in [0.3, 0.4) is 0 Å². The van der Waals surface area contributed by atoms with Gasteiger partial charge in [0.25, 0.3) is 0 Å². The number of esters is 2. The summed E-state index contributed by atoms with van der Waals surface area (Å²) in [5, 5.41) is 13.8. The fourth-order valence-corrected chi connectivity index (χ4v) is 5.03. The summed E-state index contributed by atoms with van der Waals surface area (Å²) in [5.41, 5.74) is -0.0374. The molecule has 2 amide bonds. The molecule has 0 aliphatic heterocycles. The first-order chi connectivity index (χ1) is 19.1. The van der Waals surface area contributed by atoms with Crippen molar-refractivity contribution < 1.29 is 43.3 Å². The zero-order chi connectivity index (χ0) is 29.7. The van der Waals surface area contributed by atoms with Crippen LogP contribution in [0.4, 0.5) is 0 Å². The number of thioether (sulfide) groups is 2. The van der Waals surface area contributed by atoms with Crippen LogP contribution in [0.1, 0.15) is 47.9 Å². The van der Waals surface area contributed by atoms with E-state index in [2.05, 4.69) is 10.6 Å². The highest BCUT2D eigenvalue weighted by Crippen LogP contribution is 2.26. The molecule has 0 aromatic heterocycles. The third kappa shape index (κ3) is 10.0. The van der Waals surface area contributed by atoms with E-state index in [9.17, 15) is 33.9 Å². The lowest BCUT2D eigenvalue weighted by molar-refractivity contribution is -0.146. The summed E-state index contributed by atoms with van der Waals surface area (Å²) < 4.78 is 10.3. The summed E-state index contributed by atoms with van der Waals surface area (Å²) in [6.07, 6.45) is 0.130. The molecule has 0 aliphatic rings. The summed E-state index contributed by atoms with van der Waals surface area (Å²) >= 11 is 1.43. The average Bonchev–Trinajstić information content (AvgIpc) is 2.93. The fourth-order valence-electron chi connectivity index (χ4n) is 3.15. The Morgan fingerprint density at radius 1 is 0.850 bits per heavy atom. The number of rotatable bonds is 13. The minimum absolute atomic E-state index is 0.0441. The number of hydrogen-bond acceptors (Lipinski definition) is 11. The Bertz CT molecular complexity index is 1250. The van der Waals surface area contributed by atoms with Crippen molar-refractivity contribution in [2.75, 3.05) is 18.1 Å². The third-order valence-corrected chi connectivity index (χ3v) is 7.15. The molecule has 0 spiro atoms. The van der Waals surface area contributed by atoms with Gasteiger partial charge in [-0.2, -0.15) is 0 Å². The van der Waals surface area contributed by atoms with Gasteiger partial charge in [-0.1, -0.05) is 54.7 Å². The molecule has 2 rings (SSSR count). The standard InChI is InChI=1S/C27H30N2O9S2/c1-4-23(32)29-19(25(34)37-5-2)14-40-27(36)20(28-16(3)30)15-39-26(35)18-11-7-9-13-22(18)38-24(33)17-10-6-8-12-21(17)31/h6-13,19-20,31H,4-5,14-15H2,1-3H3,(H,28,30)(H,29,32). The van der Waals surface area contributed by atoms with Crippen LogP contribution in [0.5, 0.6) is 11.5 Å². The van der Waals surface area contributed by atoms with Gasteiger partial charge >= 0.3 is 11.9 Å². The van der Waals surface area contributed by atoms with E-state index in [1.807, 2.05) is 0 Å². The van der Waals surface area contributed by atoms with E-state index in [1.54, 1.807) is 38.1 Å². The highest BCUT2D eigenvalue weighted by Gasteiger charge is 2.28. The number of phenolic OH excluding ortho intramolecular Hbond substituents is 1. The summed E-state index contributed by atoms with van der Waals surface area (Å²) in [6, 6.07) is 9.61. The number of phenols is 1. The van der Waals surface area contributed by atoms with Gasteiger partial charge in [0.2, 0.25) is 22.0 Å². The van der Waals surface area contributed by atoms with Crippen molar-refractivity contribution in [3.63, 3.8) is 0 Å². The maximum absolute atomic E-state index is 13.0. The molecule has 0 bridgehead atoms. The molecule has 2 unspecified atom stereocenters. The van der Waals surface area contributed by atoms with E-state index in [0.717, 1.165) is 11.8 Å². The minimum Gasteiger partial charge on any atom is -0.507 e. The van der Waals surface area contributed by atoms with E-state index in [-0.39, 0.29) is 47.2 Å². The fraction of sp³-hybridized carbons (Fsp3) is 0.333. The van der Waals surface area contributed by atoms with Crippen LogP contribution >= 0.6 is 23.5 Å². The summed E-state index contributed by atoms with van der Waals surface area (Å²) in [6.45, 7) is 4.53. The predicted octanol–water partition coefficient (Wildman–Crippen LogP) is 2.71. The maximum Gasteiger partial charge on any atom is 0.347 e. The highest BCUT2D eigenvalue weighted by molar-refractivity contribution is 8.15. The van der Waals surface area contributed by atoms with Gasteiger partial charge in [-0.15, -0.1) is 0 Å². The van der Waals surface area contributed by atoms with Gasteiger partial charge in [0.15, 0.2) is 0 Å². The molecule has 0 radical (unpaired) electrons. The van der Waals surface area contributed by atoms with Crippen molar-refractivity contribution in [1.82, 2.24) is 10.6 Å². The molecule has 214 valence electrons. The van der Waals surface area contributed by atoms with Crippen molar-refractivity contribution in [2.24, 2.45) is 0 Å². The number of hydrogen-bond donors (Lipinski definition) is 3. The lowest BCUT2D eigenvalue weighted by Crippen LogP contribution is -2.45. The summed E-state index contributed by atoms with van der Waals surface area (Å²) in [7, 11) is 0. The molecule has 0 fully saturated rings. The molecule has 11 nitrogen and oxygen atoms in total. The number of carbonyl (C=O) groups excluding carboxylic acids is 6. The van der Waals surface area contributed by atoms with Gasteiger partial charge in [0.1, 0.15) is 29.1 Å². The molecular weight excluding hydrogens is 560 g/mol. The second-order valence-corrected chi connectivity index (χ2v) is 10.1. The van der Waals surface area contributed by atoms with Crippen molar-refractivity contribution in [1.29, 1.82) is 0 Å². The van der Waals surface area contributed by atoms with Crippen molar-refractivity contribution in [2.45, 2.75) is 39.3 Å². The number of carbonyl (C=O) groups is 6. The maximum atomic E-state index is 13.0. The second kappa shape index (κ2) is 16.3. The first kappa shape index (κ1) is 32.4. The molecule has 40 heavy (non-hydrogen) atoms. The van der Waals surface area contributed by atoms with Gasteiger partial charge in [-0.25, -0.2) is 9.59 Å². The predicted molar refractivity (Wildman–Crippen MR) is 150 cm³/mol. The van der Waals surface area contributed by atoms with Gasteiger partial charge < -0.3 is 25.2 Å². The molecule has 0 aliphatic carbocycles. The average molecular weight is 591 g/mol. The smallest absolute Gasteiger partial charge is 0.347 e. The molecule has 2 aromatic rings. The lowest BCUT2D eigenvalue weighted by atomic mass is 10.2. The number of benzene rings is 2. The van der Waals surface area contributed by atoms with Crippen molar-refractivity contribution in [3.05, 3.63) is 59.7 Å². The number of nitrogens with one attached hydrogen (secondary N) is 2. The van der Waals surface area contributed by atoms with Gasteiger partial charge in [0.05, 0.1) is 12.2 Å². The SMILES string of the molecule is CCOC(=O)C(CSC(=O)C(CSC(=O)c1ccccc1OC(=O)c1ccccc1O)NC(C)=O)NC(=O)CC. The topological polar surface area (TPSA) is 165 Å². The molecule has 0 heterocycles. The van der Waals surface area contributed by atoms with Crippen LogP contribution in [0.25, 0.3) is 0 Å². The molecule has 2 atom stereocenters. The number of amides is 2. The van der Waals surface area contributed by atoms with Gasteiger partial charge in [-0.3, -0.25) is 19.2 Å². The zero-order valence-corrected chi connectivity index (χ0v) is 23.8. The van der Waals surface area contributed by atoms with E-state index >= 15 is 0 Å². The summed E-state index contributed by atoms with van der Waals surface area (Å²) in [4.78, 5) is 74.3. The van der Waals surface area contributed by atoms with Crippen LogP contribution in [0.15, 0.2) is 48.5 Å². The van der Waals surface area contributed by atoms with Crippen LogP contribution in [-0.4, -0.2) is 69.3 Å². The van der Waals surface area contributed by atoms with E-state index in [0.29, 0.717) is 11.8 Å². The third-order valence-electron chi connectivity index (χ3n) is 5.10. The normalized spacial score (nSPS) is 12.0. The molecule has 3 N–H and O–H groups in total. The largest absolute Gasteiger partial charge is 0.507 e. The monoisotopic (exact) mass is 590 g/mol. The van der Waals surface area contributed by atoms with E-state index in [4.69, 9.17) is 9.47 Å². The summed E-state index contributed by atoms with van der Waals surface area (Å²) in [5.74, 6) is -3.08. The van der Waals surface area contributed by atoms with Gasteiger partial charge in [0, 0.05) is 24.9 Å². The van der Waals surface area contributed by atoms with E-state index < -0.39 is 46.1 Å². The molecule has 13 heteroatoms. The van der Waals surface area contributed by atoms with Crippen LogP contribution in [-0.2, 0) is 23.9 Å². The number of ether oxygens (including phenoxy) is 2. The quantitative estimate of drug-likeness (QED) is 0.232. The number of aromatic hydroxyl groups is 1. The Hall–Kier alpha value is -3.84. The van der Waals surface area contributed by atoms with Crippen molar-refractivity contribution >= 4 is 57.5 Å². The first-order valence-corrected chi connectivity index (χ1v) is 14.2. The Morgan fingerprint density at radius 2 is 1.48 bits per heavy atom.